The number of amides is 1. The number of ether oxygens (including phenoxy) is 1. The van der Waals surface area contributed by atoms with Gasteiger partial charge in [0.05, 0.1) is 31.4 Å². The number of hydrogen-bond acceptors (Lipinski definition) is 5. The summed E-state index contributed by atoms with van der Waals surface area (Å²) in [6.07, 6.45) is 2.63. The molecule has 1 amide bonds. The number of nitrogens with zero attached hydrogens (tertiary/aromatic N) is 4. The molecule has 8 heteroatoms. The summed E-state index contributed by atoms with van der Waals surface area (Å²) < 4.78 is 12.1. The topological polar surface area (TPSA) is 64.3 Å². The Morgan fingerprint density at radius 1 is 1.27 bits per heavy atom. The van der Waals surface area contributed by atoms with Gasteiger partial charge < -0.3 is 14.6 Å². The first-order valence-corrected chi connectivity index (χ1v) is 11.0. The van der Waals surface area contributed by atoms with E-state index in [9.17, 15) is 4.79 Å². The highest BCUT2D eigenvalue weighted by Gasteiger charge is 2.26. The summed E-state index contributed by atoms with van der Waals surface area (Å²) in [6, 6.07) is 12.0. The summed E-state index contributed by atoms with van der Waals surface area (Å²) in [4.78, 5) is 14.2. The maximum atomic E-state index is 13.1. The average Bonchev–Trinajstić information content (AvgIpc) is 3.34. The van der Waals surface area contributed by atoms with E-state index in [1.165, 1.54) is 5.69 Å². The molecule has 4 heterocycles. The predicted octanol–water partition coefficient (Wildman–Crippen LogP) is 3.31. The van der Waals surface area contributed by atoms with E-state index in [0.29, 0.717) is 12.3 Å². The monoisotopic (exact) mass is 423 g/mol. The number of rotatable bonds is 4. The average molecular weight is 424 g/mol. The van der Waals surface area contributed by atoms with E-state index in [0.717, 1.165) is 48.0 Å². The summed E-state index contributed by atoms with van der Waals surface area (Å²) in [5, 5.41) is 7.56. The molecule has 0 spiro atoms. The normalized spacial score (nSPS) is 18.4. The first-order chi connectivity index (χ1) is 14.6. The number of para-hydroxylation sites is 1. The lowest BCUT2D eigenvalue weighted by molar-refractivity contribution is 0.0916. The number of hydrogen-bond donors (Lipinski definition) is 1. The molecule has 1 N–H and O–H groups in total. The van der Waals surface area contributed by atoms with Crippen molar-refractivity contribution in [3.05, 3.63) is 65.2 Å². The third kappa shape index (κ3) is 3.50. The Morgan fingerprint density at radius 2 is 2.13 bits per heavy atom. The van der Waals surface area contributed by atoms with Gasteiger partial charge >= 0.3 is 0 Å². The van der Waals surface area contributed by atoms with E-state index >= 15 is 0 Å². The van der Waals surface area contributed by atoms with Crippen LogP contribution in [0.25, 0.3) is 0 Å². The standard InChI is InChI=1S/C22H25N5O2S/c1-15-21(30-26-10-11-27-16(14-26)7-9-23-27)13-19(25(15)2)22(28)24-18-8-12-29-20-6-4-3-5-17(18)20/h3-7,9,13,18H,8,10-12,14H2,1-2H3,(H,24,28). The Balaban J connectivity index is 1.32. The van der Waals surface area contributed by atoms with E-state index in [-0.39, 0.29) is 11.9 Å². The molecule has 1 unspecified atom stereocenters. The van der Waals surface area contributed by atoms with Crippen LogP contribution in [-0.4, -0.2) is 37.7 Å². The zero-order chi connectivity index (χ0) is 20.7. The lowest BCUT2D eigenvalue weighted by Crippen LogP contribution is -2.33. The fourth-order valence-corrected chi connectivity index (χ4v) is 5.17. The van der Waals surface area contributed by atoms with Gasteiger partial charge in [-0.15, -0.1) is 0 Å². The summed E-state index contributed by atoms with van der Waals surface area (Å²) in [5.74, 6) is 0.809. The number of fused-ring (bicyclic) bond motifs is 2. The molecule has 7 nitrogen and oxygen atoms in total. The molecular formula is C22H25N5O2S. The molecule has 1 atom stereocenters. The van der Waals surface area contributed by atoms with Crippen LogP contribution in [0.3, 0.4) is 0 Å². The van der Waals surface area contributed by atoms with Crippen LogP contribution in [0.4, 0.5) is 0 Å². The molecular weight excluding hydrogens is 398 g/mol. The second kappa shape index (κ2) is 7.85. The predicted molar refractivity (Wildman–Crippen MR) is 115 cm³/mol. The van der Waals surface area contributed by atoms with Crippen molar-refractivity contribution >= 4 is 17.9 Å². The van der Waals surface area contributed by atoms with Gasteiger partial charge in [-0.3, -0.25) is 9.48 Å². The smallest absolute Gasteiger partial charge is 0.268 e. The van der Waals surface area contributed by atoms with Gasteiger partial charge in [-0.2, -0.15) is 5.10 Å². The van der Waals surface area contributed by atoms with Crippen molar-refractivity contribution in [3.63, 3.8) is 0 Å². The summed E-state index contributed by atoms with van der Waals surface area (Å²) in [6.45, 7) is 5.34. The highest BCUT2D eigenvalue weighted by molar-refractivity contribution is 7.97. The van der Waals surface area contributed by atoms with Crippen molar-refractivity contribution in [1.82, 2.24) is 24.0 Å². The zero-order valence-corrected chi connectivity index (χ0v) is 18.0. The minimum absolute atomic E-state index is 0.0314. The Labute approximate surface area is 180 Å². The highest BCUT2D eigenvalue weighted by Crippen LogP contribution is 2.33. The largest absolute Gasteiger partial charge is 0.493 e. The molecule has 5 rings (SSSR count). The van der Waals surface area contributed by atoms with E-state index in [2.05, 4.69) is 32.4 Å². The lowest BCUT2D eigenvalue weighted by Gasteiger charge is -2.26. The van der Waals surface area contributed by atoms with Gasteiger partial charge in [0.2, 0.25) is 0 Å². The van der Waals surface area contributed by atoms with E-state index in [1.54, 1.807) is 11.9 Å². The van der Waals surface area contributed by atoms with Crippen LogP contribution in [0, 0.1) is 6.92 Å². The first kappa shape index (κ1) is 19.3. The van der Waals surface area contributed by atoms with Gasteiger partial charge in [0, 0.05) is 42.4 Å². The van der Waals surface area contributed by atoms with Gasteiger partial charge in [0.1, 0.15) is 11.4 Å². The highest BCUT2D eigenvalue weighted by atomic mass is 32.2. The fraction of sp³-hybridized carbons (Fsp3) is 0.364. The molecule has 0 radical (unpaired) electrons. The molecule has 1 aromatic carbocycles. The molecule has 2 aliphatic rings. The Kier molecular flexibility index (Phi) is 5.04. The lowest BCUT2D eigenvalue weighted by atomic mass is 10.0. The summed E-state index contributed by atoms with van der Waals surface area (Å²) in [5.41, 5.74) is 4.04. The molecule has 0 aliphatic carbocycles. The molecule has 2 aliphatic heterocycles. The Hall–Kier alpha value is -2.71. The number of carbonyl (C=O) groups excluding carboxylic acids is 1. The van der Waals surface area contributed by atoms with Crippen LogP contribution in [0.5, 0.6) is 5.75 Å². The fourth-order valence-electron chi connectivity index (χ4n) is 4.08. The Bertz CT molecular complexity index is 1090. The van der Waals surface area contributed by atoms with Crippen LogP contribution >= 0.6 is 11.9 Å². The van der Waals surface area contributed by atoms with E-state index in [1.807, 2.05) is 48.1 Å². The maximum Gasteiger partial charge on any atom is 0.268 e. The molecule has 156 valence electrons. The van der Waals surface area contributed by atoms with Crippen LogP contribution in [0.1, 0.15) is 39.9 Å². The van der Waals surface area contributed by atoms with E-state index < -0.39 is 0 Å². The number of carbonyl (C=O) groups is 1. The summed E-state index contributed by atoms with van der Waals surface area (Å²) >= 11 is 1.72. The van der Waals surface area contributed by atoms with Gasteiger partial charge in [0.15, 0.2) is 0 Å². The van der Waals surface area contributed by atoms with Gasteiger partial charge in [-0.1, -0.05) is 18.2 Å². The van der Waals surface area contributed by atoms with Crippen LogP contribution < -0.4 is 10.1 Å². The SMILES string of the molecule is Cc1c(SN2CCn3nccc3C2)cc(C(=O)NC2CCOc3ccccc32)n1C. The molecule has 0 fully saturated rings. The van der Waals surface area contributed by atoms with Crippen molar-refractivity contribution in [3.8, 4) is 5.75 Å². The van der Waals surface area contributed by atoms with Gasteiger partial charge in [-0.05, 0) is 37.1 Å². The minimum Gasteiger partial charge on any atom is -0.493 e. The van der Waals surface area contributed by atoms with Crippen molar-refractivity contribution in [1.29, 1.82) is 0 Å². The number of nitrogens with one attached hydrogen (secondary N) is 1. The maximum absolute atomic E-state index is 13.1. The van der Waals surface area contributed by atoms with Crippen molar-refractivity contribution in [2.45, 2.75) is 37.4 Å². The van der Waals surface area contributed by atoms with Gasteiger partial charge in [-0.25, -0.2) is 4.31 Å². The van der Waals surface area contributed by atoms with Crippen LogP contribution in [0.2, 0.25) is 0 Å². The molecule has 0 bridgehead atoms. The first-order valence-electron chi connectivity index (χ1n) is 10.2. The molecule has 0 saturated carbocycles. The molecule has 2 aromatic heterocycles. The third-order valence-electron chi connectivity index (χ3n) is 5.92. The molecule has 0 saturated heterocycles. The molecule has 30 heavy (non-hydrogen) atoms. The van der Waals surface area contributed by atoms with E-state index in [4.69, 9.17) is 4.74 Å². The Morgan fingerprint density at radius 3 is 3.03 bits per heavy atom. The van der Waals surface area contributed by atoms with Crippen LogP contribution in [-0.2, 0) is 20.1 Å². The number of benzene rings is 1. The molecule has 3 aromatic rings. The van der Waals surface area contributed by atoms with Crippen molar-refractivity contribution in [2.24, 2.45) is 7.05 Å². The second-order valence-electron chi connectivity index (χ2n) is 7.74. The minimum atomic E-state index is -0.0501. The summed E-state index contributed by atoms with van der Waals surface area (Å²) in [7, 11) is 1.96. The second-order valence-corrected chi connectivity index (χ2v) is 8.88. The third-order valence-corrected chi connectivity index (χ3v) is 7.10. The van der Waals surface area contributed by atoms with Crippen molar-refractivity contribution in [2.75, 3.05) is 13.2 Å². The zero-order valence-electron chi connectivity index (χ0n) is 17.2. The van der Waals surface area contributed by atoms with Gasteiger partial charge in [0.25, 0.3) is 5.91 Å². The quantitative estimate of drug-likeness (QED) is 0.653. The van der Waals surface area contributed by atoms with Crippen LogP contribution in [0.15, 0.2) is 47.5 Å². The number of aromatic nitrogens is 3. The van der Waals surface area contributed by atoms with Crippen molar-refractivity contribution < 1.29 is 9.53 Å².